The minimum Gasteiger partial charge on any atom is -0.497 e. The first-order valence-corrected chi connectivity index (χ1v) is 10.3. The van der Waals surface area contributed by atoms with E-state index in [2.05, 4.69) is 4.57 Å². The summed E-state index contributed by atoms with van der Waals surface area (Å²) >= 11 is 0. The Bertz CT molecular complexity index is 1040. The lowest BCUT2D eigenvalue weighted by atomic mass is 10.0. The van der Waals surface area contributed by atoms with Crippen LogP contribution in [0.2, 0.25) is 0 Å². The molecule has 0 bridgehead atoms. The van der Waals surface area contributed by atoms with Crippen molar-refractivity contribution in [2.24, 2.45) is 0 Å². The van der Waals surface area contributed by atoms with Crippen LogP contribution < -0.4 is 4.74 Å². The van der Waals surface area contributed by atoms with Crippen LogP contribution in [0.5, 0.6) is 5.75 Å². The van der Waals surface area contributed by atoms with Gasteiger partial charge in [-0.2, -0.15) is 4.31 Å². The van der Waals surface area contributed by atoms with Gasteiger partial charge in [-0.1, -0.05) is 29.8 Å². The molecule has 1 aliphatic heterocycles. The molecule has 1 atom stereocenters. The lowest BCUT2D eigenvalue weighted by molar-refractivity contribution is 0.298. The Hall–Kier alpha value is -2.57. The Morgan fingerprint density at radius 3 is 2.33 bits per heavy atom. The normalized spacial score (nSPS) is 17.5. The number of fused-ring (bicyclic) bond motifs is 1. The summed E-state index contributed by atoms with van der Waals surface area (Å²) in [5.74, 6) is 0.748. The first-order valence-electron chi connectivity index (χ1n) is 8.88. The standard InChI is InChI=1S/C21H22N2O3S/c1-16-5-11-19(12-6-16)27(24,25)23-15-14-22-13-3-4-20(22)21(23)17-7-9-18(26-2)10-8-17/h3-13,21H,14-15H2,1-2H3/t21-/m1/s1. The van der Waals surface area contributed by atoms with E-state index in [1.807, 2.05) is 61.7 Å². The summed E-state index contributed by atoms with van der Waals surface area (Å²) in [5, 5.41) is 0. The van der Waals surface area contributed by atoms with Crippen molar-refractivity contribution >= 4 is 10.0 Å². The molecule has 0 saturated carbocycles. The van der Waals surface area contributed by atoms with Gasteiger partial charge in [0.05, 0.1) is 18.0 Å². The Morgan fingerprint density at radius 2 is 1.67 bits per heavy atom. The van der Waals surface area contributed by atoms with Crippen molar-refractivity contribution in [1.82, 2.24) is 8.87 Å². The summed E-state index contributed by atoms with van der Waals surface area (Å²) in [4.78, 5) is 0.326. The number of rotatable bonds is 4. The zero-order chi connectivity index (χ0) is 19.0. The number of hydrogen-bond donors (Lipinski definition) is 0. The third-order valence-electron chi connectivity index (χ3n) is 5.05. The maximum atomic E-state index is 13.4. The SMILES string of the molecule is COc1ccc([C@@H]2c3cccn3CCN2S(=O)(=O)c2ccc(C)cc2)cc1. The Kier molecular flexibility index (Phi) is 4.53. The predicted molar refractivity (Wildman–Crippen MR) is 104 cm³/mol. The molecule has 1 aliphatic rings. The van der Waals surface area contributed by atoms with Crippen LogP contribution in [0.3, 0.4) is 0 Å². The molecule has 0 aliphatic carbocycles. The molecule has 0 N–H and O–H groups in total. The average molecular weight is 382 g/mol. The average Bonchev–Trinajstić information content (AvgIpc) is 3.16. The summed E-state index contributed by atoms with van der Waals surface area (Å²) in [7, 11) is -2.00. The largest absolute Gasteiger partial charge is 0.497 e. The summed E-state index contributed by atoms with van der Waals surface area (Å²) in [6, 6.07) is 18.2. The number of benzene rings is 2. The summed E-state index contributed by atoms with van der Waals surface area (Å²) in [6.07, 6.45) is 2.00. The number of nitrogens with zero attached hydrogens (tertiary/aromatic N) is 2. The molecular formula is C21H22N2O3S. The molecule has 0 saturated heterocycles. The molecule has 1 aromatic heterocycles. The summed E-state index contributed by atoms with van der Waals surface area (Å²) in [5.41, 5.74) is 2.93. The highest BCUT2D eigenvalue weighted by Gasteiger charge is 2.37. The van der Waals surface area contributed by atoms with Gasteiger partial charge in [0.25, 0.3) is 0 Å². The zero-order valence-electron chi connectivity index (χ0n) is 15.4. The molecule has 2 heterocycles. The van der Waals surface area contributed by atoms with Crippen LogP contribution in [0.4, 0.5) is 0 Å². The lowest BCUT2D eigenvalue weighted by Crippen LogP contribution is -2.42. The van der Waals surface area contributed by atoms with E-state index in [4.69, 9.17) is 4.74 Å². The maximum Gasteiger partial charge on any atom is 0.244 e. The van der Waals surface area contributed by atoms with Crippen molar-refractivity contribution in [2.45, 2.75) is 24.4 Å². The number of aryl methyl sites for hydroxylation is 1. The van der Waals surface area contributed by atoms with Gasteiger partial charge in [0, 0.05) is 25.0 Å². The van der Waals surface area contributed by atoms with E-state index in [9.17, 15) is 8.42 Å². The molecule has 140 valence electrons. The van der Waals surface area contributed by atoms with Crippen molar-refractivity contribution in [1.29, 1.82) is 0 Å². The highest BCUT2D eigenvalue weighted by molar-refractivity contribution is 7.89. The number of aromatic nitrogens is 1. The molecule has 27 heavy (non-hydrogen) atoms. The van der Waals surface area contributed by atoms with Gasteiger partial charge in [0.15, 0.2) is 0 Å². The van der Waals surface area contributed by atoms with Gasteiger partial charge in [0.1, 0.15) is 5.75 Å². The van der Waals surface area contributed by atoms with Crippen LogP contribution in [-0.2, 0) is 16.6 Å². The summed E-state index contributed by atoms with van der Waals surface area (Å²) < 4.78 is 35.8. The van der Waals surface area contributed by atoms with Gasteiger partial charge < -0.3 is 9.30 Å². The topological polar surface area (TPSA) is 51.5 Å². The number of sulfonamides is 1. The van der Waals surface area contributed by atoms with Crippen molar-refractivity contribution in [2.75, 3.05) is 13.7 Å². The van der Waals surface area contributed by atoms with Gasteiger partial charge in [-0.15, -0.1) is 0 Å². The fraction of sp³-hybridized carbons (Fsp3) is 0.238. The summed E-state index contributed by atoms with van der Waals surface area (Å²) in [6.45, 7) is 3.01. The Balaban J connectivity index is 1.81. The number of ether oxygens (including phenoxy) is 1. The van der Waals surface area contributed by atoms with Crippen molar-refractivity contribution in [3.8, 4) is 5.75 Å². The quantitative estimate of drug-likeness (QED) is 0.693. The zero-order valence-corrected chi connectivity index (χ0v) is 16.2. The monoisotopic (exact) mass is 382 g/mol. The van der Waals surface area contributed by atoms with Gasteiger partial charge in [-0.05, 0) is 48.9 Å². The van der Waals surface area contributed by atoms with Crippen LogP contribution in [0.15, 0.2) is 71.8 Å². The first kappa shape index (κ1) is 17.8. The maximum absolute atomic E-state index is 13.4. The second kappa shape index (κ2) is 6.87. The van der Waals surface area contributed by atoms with Crippen molar-refractivity contribution in [3.63, 3.8) is 0 Å². The minimum absolute atomic E-state index is 0.326. The third kappa shape index (κ3) is 3.15. The molecule has 0 unspecified atom stereocenters. The van der Waals surface area contributed by atoms with Crippen molar-refractivity contribution < 1.29 is 13.2 Å². The Morgan fingerprint density at radius 1 is 0.963 bits per heavy atom. The van der Waals surface area contributed by atoms with Gasteiger partial charge >= 0.3 is 0 Å². The molecule has 5 nitrogen and oxygen atoms in total. The highest BCUT2D eigenvalue weighted by atomic mass is 32.2. The van der Waals surface area contributed by atoms with Gasteiger partial charge in [-0.25, -0.2) is 8.42 Å². The van der Waals surface area contributed by atoms with Crippen LogP contribution in [-0.4, -0.2) is 30.9 Å². The molecular weight excluding hydrogens is 360 g/mol. The molecule has 0 fully saturated rings. The molecule has 6 heteroatoms. The molecule has 0 amide bonds. The lowest BCUT2D eigenvalue weighted by Gasteiger charge is -2.36. The Labute approximate surface area is 159 Å². The van der Waals surface area contributed by atoms with E-state index in [0.717, 1.165) is 22.6 Å². The second-order valence-electron chi connectivity index (χ2n) is 6.73. The molecule has 4 rings (SSSR count). The van der Waals surface area contributed by atoms with Crippen molar-refractivity contribution in [3.05, 3.63) is 83.7 Å². The molecule has 3 aromatic rings. The highest BCUT2D eigenvalue weighted by Crippen LogP contribution is 2.37. The van der Waals surface area contributed by atoms with E-state index in [0.29, 0.717) is 18.0 Å². The van der Waals surface area contributed by atoms with Crippen LogP contribution in [0.1, 0.15) is 22.9 Å². The number of methoxy groups -OCH3 is 1. The van der Waals surface area contributed by atoms with Gasteiger partial charge in [0.2, 0.25) is 10.0 Å². The molecule has 0 spiro atoms. The van der Waals surface area contributed by atoms with E-state index >= 15 is 0 Å². The minimum atomic E-state index is -3.62. The molecule has 0 radical (unpaired) electrons. The third-order valence-corrected chi connectivity index (χ3v) is 6.93. The van der Waals surface area contributed by atoms with E-state index in [1.54, 1.807) is 23.5 Å². The first-order chi connectivity index (χ1) is 13.0. The fourth-order valence-corrected chi connectivity index (χ4v) is 5.17. The molecule has 2 aromatic carbocycles. The van der Waals surface area contributed by atoms with Gasteiger partial charge in [-0.3, -0.25) is 0 Å². The van der Waals surface area contributed by atoms with Crippen LogP contribution in [0.25, 0.3) is 0 Å². The van der Waals surface area contributed by atoms with E-state index in [1.165, 1.54) is 0 Å². The smallest absolute Gasteiger partial charge is 0.244 e. The van der Waals surface area contributed by atoms with E-state index in [-0.39, 0.29) is 6.04 Å². The van der Waals surface area contributed by atoms with Crippen LogP contribution in [0, 0.1) is 6.92 Å². The van der Waals surface area contributed by atoms with E-state index < -0.39 is 10.0 Å². The van der Waals surface area contributed by atoms with Crippen LogP contribution >= 0.6 is 0 Å². The second-order valence-corrected chi connectivity index (χ2v) is 8.62. The predicted octanol–water partition coefficient (Wildman–Crippen LogP) is 3.60. The number of hydrogen-bond acceptors (Lipinski definition) is 3. The fourth-order valence-electron chi connectivity index (χ4n) is 3.59.